The quantitative estimate of drug-likeness (QED) is 0.113. The summed E-state index contributed by atoms with van der Waals surface area (Å²) in [4.78, 5) is 0. The Balaban J connectivity index is 1.29. The number of rotatable bonds is 11. The molecule has 10 rings (SSSR count). The Morgan fingerprint density at radius 1 is 0.379 bits per heavy atom. The molecule has 8 aromatic rings. The first-order valence-electron chi connectivity index (χ1n) is 23.7. The molecule has 4 heteroatoms. The van der Waals surface area contributed by atoms with Gasteiger partial charge in [0, 0.05) is 0 Å². The van der Waals surface area contributed by atoms with Crippen molar-refractivity contribution in [1.29, 1.82) is 0 Å². The molecule has 0 N–H and O–H groups in total. The Kier molecular flexibility index (Phi) is 12.1. The van der Waals surface area contributed by atoms with Crippen LogP contribution in [0.4, 0.5) is 0 Å². The topological polar surface area (TPSA) is 0 Å². The summed E-state index contributed by atoms with van der Waals surface area (Å²) in [5, 5.41) is 0. The third-order valence-corrected chi connectivity index (χ3v) is 66.2. The number of halogens is 2. The Morgan fingerprint density at radius 2 is 0.682 bits per heavy atom. The van der Waals surface area contributed by atoms with Gasteiger partial charge >= 0.3 is 405 Å². The molecule has 0 aliphatic heterocycles. The third-order valence-electron chi connectivity index (χ3n) is 14.7. The summed E-state index contributed by atoms with van der Waals surface area (Å²) >= 11 is -5.44. The summed E-state index contributed by atoms with van der Waals surface area (Å²) in [6.07, 6.45) is 5.02. The number of benzene rings is 8. The third kappa shape index (κ3) is 7.45. The summed E-state index contributed by atoms with van der Waals surface area (Å²) in [6.45, 7) is 14.2. The van der Waals surface area contributed by atoms with Gasteiger partial charge in [0.05, 0.1) is 0 Å². The maximum atomic E-state index is 9.30. The monoisotopic (exact) mass is 989 g/mol. The number of fused-ring (bicyclic) bond motifs is 2. The minimum atomic E-state index is -5.44. The predicted octanol–water partition coefficient (Wildman–Crippen LogP) is 18.5. The van der Waals surface area contributed by atoms with E-state index in [0.717, 1.165) is 0 Å². The number of hydrogen-bond donors (Lipinski definition) is 0. The molecule has 0 nitrogen and oxygen atoms in total. The molecular formula is C62H57Cl2SiZr. The Labute approximate surface area is 401 Å². The van der Waals surface area contributed by atoms with Crippen LogP contribution >= 0.6 is 17.0 Å². The van der Waals surface area contributed by atoms with Crippen LogP contribution < -0.4 is 0 Å². The molecule has 0 heterocycles. The SMILES string of the molecule is CC(C)c1ccc2c(c1-c1ccccc1-c1ccccc1)C=C(c1ccccc1)[CH]2[Zr]([Cl])([Cl])([CH]1C(c2ccccc2)=Cc2c1ccc(C(C)C)c2-c1ccccc1-c1ccccc1)[SiH](C)C. The van der Waals surface area contributed by atoms with Crippen molar-refractivity contribution in [3.05, 3.63) is 239 Å². The first-order chi connectivity index (χ1) is 32.0. The van der Waals surface area contributed by atoms with Crippen molar-refractivity contribution in [2.24, 2.45) is 0 Å². The van der Waals surface area contributed by atoms with Gasteiger partial charge in [-0.3, -0.25) is 0 Å². The molecule has 0 aromatic heterocycles. The van der Waals surface area contributed by atoms with Crippen molar-refractivity contribution >= 4 is 46.2 Å². The fraction of sp³-hybridized carbons (Fsp3) is 0.161. The molecule has 2 aliphatic rings. The van der Waals surface area contributed by atoms with Gasteiger partial charge in [0.1, 0.15) is 0 Å². The summed E-state index contributed by atoms with van der Waals surface area (Å²) < 4.78 is -0.314. The van der Waals surface area contributed by atoms with Gasteiger partial charge in [-0.1, -0.05) is 0 Å². The average molecular weight is 992 g/mol. The first-order valence-corrected chi connectivity index (χ1v) is 40.0. The van der Waals surface area contributed by atoms with Crippen LogP contribution in [-0.4, -0.2) is 5.92 Å². The fourth-order valence-corrected chi connectivity index (χ4v) is 41.5. The van der Waals surface area contributed by atoms with E-state index in [-0.39, 0.29) is 19.1 Å². The number of hydrogen-bond acceptors (Lipinski definition) is 0. The zero-order valence-electron chi connectivity index (χ0n) is 38.8. The van der Waals surface area contributed by atoms with Crippen molar-refractivity contribution in [3.8, 4) is 44.5 Å². The van der Waals surface area contributed by atoms with Gasteiger partial charge in [0.25, 0.3) is 0 Å². The van der Waals surface area contributed by atoms with Crippen LogP contribution in [0, 0.1) is 0 Å². The summed E-state index contributed by atoms with van der Waals surface area (Å²) in [5.41, 5.74) is 22.6. The molecule has 2 atom stereocenters. The van der Waals surface area contributed by atoms with Crippen LogP contribution in [0.2, 0.25) is 13.1 Å². The zero-order chi connectivity index (χ0) is 45.8. The van der Waals surface area contributed by atoms with E-state index in [1.54, 1.807) is 0 Å². The second-order valence-corrected chi connectivity index (χ2v) is 61.9. The fourth-order valence-electron chi connectivity index (χ4n) is 11.4. The molecule has 0 radical (unpaired) electrons. The molecule has 2 aliphatic carbocycles. The van der Waals surface area contributed by atoms with Gasteiger partial charge < -0.3 is 0 Å². The van der Waals surface area contributed by atoms with E-state index < -0.39 is 21.5 Å². The molecule has 0 amide bonds. The Bertz CT molecular complexity index is 2940. The van der Waals surface area contributed by atoms with Crippen LogP contribution in [0.25, 0.3) is 67.8 Å². The van der Waals surface area contributed by atoms with Crippen LogP contribution in [0.15, 0.2) is 194 Å². The molecule has 8 aromatic carbocycles. The van der Waals surface area contributed by atoms with Crippen LogP contribution in [-0.2, 0) is 15.6 Å². The summed E-state index contributed by atoms with van der Waals surface area (Å²) in [6, 6.07) is 71.3. The van der Waals surface area contributed by atoms with E-state index in [2.05, 4.69) is 247 Å². The zero-order valence-corrected chi connectivity index (χ0v) is 43.9. The summed E-state index contributed by atoms with van der Waals surface area (Å²) in [5.74, 6) is -1.39. The molecule has 2 unspecified atom stereocenters. The van der Waals surface area contributed by atoms with Crippen molar-refractivity contribution in [2.75, 3.05) is 0 Å². The maximum absolute atomic E-state index is 9.30. The van der Waals surface area contributed by atoms with Crippen molar-refractivity contribution in [3.63, 3.8) is 0 Å². The molecule has 0 saturated heterocycles. The molecular weight excluding hydrogens is 935 g/mol. The van der Waals surface area contributed by atoms with Crippen molar-refractivity contribution in [1.82, 2.24) is 0 Å². The minimum absolute atomic E-state index is 0.157. The van der Waals surface area contributed by atoms with Gasteiger partial charge in [-0.15, -0.1) is 0 Å². The standard InChI is InChI=1S/2C30H25.C2H7Si.2ClH.Zr/c2*1-21(2)26-18-17-24-19-25(22-11-5-3-6-12-22)20-29(24)30(26)28-16-10-9-15-27(28)23-13-7-4-8-14-23;1-3-2;;;/h2*3-21H,1-2H3;3H,1-2H3;2*1H;/q;;;;;+2/p-2. The van der Waals surface area contributed by atoms with Gasteiger partial charge in [0.15, 0.2) is 0 Å². The van der Waals surface area contributed by atoms with Crippen molar-refractivity contribution in [2.45, 2.75) is 59.9 Å². The molecule has 0 bridgehead atoms. The molecule has 0 saturated carbocycles. The van der Waals surface area contributed by atoms with E-state index in [9.17, 15) is 17.0 Å². The normalized spacial score (nSPS) is 16.2. The molecule has 66 heavy (non-hydrogen) atoms. The Morgan fingerprint density at radius 3 is 1.00 bits per heavy atom. The average Bonchev–Trinajstić information content (AvgIpc) is 3.96. The van der Waals surface area contributed by atoms with Crippen LogP contribution in [0.3, 0.4) is 0 Å². The second-order valence-electron chi connectivity index (χ2n) is 19.4. The van der Waals surface area contributed by atoms with Gasteiger partial charge in [-0.2, -0.15) is 0 Å². The van der Waals surface area contributed by atoms with Gasteiger partial charge in [-0.05, 0) is 0 Å². The second kappa shape index (κ2) is 17.9. The van der Waals surface area contributed by atoms with E-state index >= 15 is 0 Å². The van der Waals surface area contributed by atoms with Crippen LogP contribution in [0.5, 0.6) is 0 Å². The van der Waals surface area contributed by atoms with Crippen molar-refractivity contribution < 1.29 is 15.6 Å². The predicted molar refractivity (Wildman–Crippen MR) is 287 cm³/mol. The van der Waals surface area contributed by atoms with Gasteiger partial charge in [-0.25, -0.2) is 0 Å². The molecule has 0 spiro atoms. The number of allylic oxidation sites excluding steroid dienone is 2. The van der Waals surface area contributed by atoms with Gasteiger partial charge in [0.2, 0.25) is 0 Å². The van der Waals surface area contributed by atoms with E-state index in [1.165, 1.54) is 100 Å². The van der Waals surface area contributed by atoms with E-state index in [0.29, 0.717) is 0 Å². The van der Waals surface area contributed by atoms with E-state index in [1.807, 2.05) is 0 Å². The molecule has 0 fully saturated rings. The van der Waals surface area contributed by atoms with E-state index in [4.69, 9.17) is 0 Å². The Hall–Kier alpha value is -5.08. The first kappa shape index (κ1) is 44.7. The summed E-state index contributed by atoms with van der Waals surface area (Å²) in [7, 11) is 18.6. The van der Waals surface area contributed by atoms with Crippen LogP contribution in [0.1, 0.15) is 91.3 Å². The molecule has 327 valence electrons.